The lowest BCUT2D eigenvalue weighted by Gasteiger charge is -2.63. The average molecular weight is 835 g/mol. The van der Waals surface area contributed by atoms with Crippen molar-refractivity contribution in [1.82, 2.24) is 40.4 Å². The minimum Gasteiger partial charge on any atom is -0.489 e. The zero-order valence-electron chi connectivity index (χ0n) is 33.9. The molecule has 3 fully saturated rings. The molecular weight excluding hydrogens is 788 g/mol. The van der Waals surface area contributed by atoms with Gasteiger partial charge in [-0.2, -0.15) is 5.26 Å². The van der Waals surface area contributed by atoms with Crippen LogP contribution in [-0.4, -0.2) is 109 Å². The third-order valence-corrected chi connectivity index (χ3v) is 12.8. The van der Waals surface area contributed by atoms with E-state index in [0.29, 0.717) is 39.6 Å². The third kappa shape index (κ3) is 7.57. The van der Waals surface area contributed by atoms with Gasteiger partial charge in [-0.15, -0.1) is 5.10 Å². The van der Waals surface area contributed by atoms with E-state index in [1.165, 1.54) is 0 Å². The van der Waals surface area contributed by atoms with Gasteiger partial charge in [-0.05, 0) is 62.2 Å². The Bertz CT molecular complexity index is 2370. The van der Waals surface area contributed by atoms with Crippen molar-refractivity contribution in [2.45, 2.75) is 77.8 Å². The van der Waals surface area contributed by atoms with E-state index >= 15 is 0 Å². The Morgan fingerprint density at radius 2 is 1.82 bits per heavy atom. The van der Waals surface area contributed by atoms with Crippen molar-refractivity contribution in [2.75, 3.05) is 37.6 Å². The molecule has 2 aromatic heterocycles. The number of fused-ring (bicyclic) bond motifs is 1. The van der Waals surface area contributed by atoms with Gasteiger partial charge >= 0.3 is 0 Å². The van der Waals surface area contributed by atoms with Crippen LogP contribution in [0.1, 0.15) is 90.7 Å². The van der Waals surface area contributed by atoms with Crippen LogP contribution >= 0.6 is 11.6 Å². The minimum atomic E-state index is -1.28. The summed E-state index contributed by atoms with van der Waals surface area (Å²) in [5.41, 5.74) is 2.22. The molecule has 4 aliphatic rings. The van der Waals surface area contributed by atoms with E-state index in [-0.39, 0.29) is 47.3 Å². The number of imide groups is 1. The normalized spacial score (nSPS) is 23.4. The number of nitrogens with zero attached hydrogens (tertiary/aromatic N) is 8. The maximum absolute atomic E-state index is 13.4. The number of nitrogens with one attached hydrogen (secondary N) is 2. The van der Waals surface area contributed by atoms with Crippen LogP contribution in [-0.2, 0) is 16.0 Å². The van der Waals surface area contributed by atoms with Crippen molar-refractivity contribution in [1.29, 1.82) is 5.26 Å². The van der Waals surface area contributed by atoms with Crippen molar-refractivity contribution in [3.63, 3.8) is 0 Å². The number of amides is 4. The first kappa shape index (κ1) is 40.9. The van der Waals surface area contributed by atoms with Crippen LogP contribution in [0.5, 0.6) is 5.75 Å². The van der Waals surface area contributed by atoms with Crippen LogP contribution in [0.15, 0.2) is 60.9 Å². The molecule has 4 amide bonds. The summed E-state index contributed by atoms with van der Waals surface area (Å²) in [5.74, 6) is -0.235. The molecule has 16 nitrogen and oxygen atoms in total. The molecule has 60 heavy (non-hydrogen) atoms. The molecule has 4 aromatic rings. The summed E-state index contributed by atoms with van der Waals surface area (Å²) in [6.07, 6.45) is 3.82. The largest absolute Gasteiger partial charge is 0.489 e. The van der Waals surface area contributed by atoms with Crippen molar-refractivity contribution in [2.24, 2.45) is 10.8 Å². The highest BCUT2D eigenvalue weighted by Gasteiger charge is 2.64. The highest BCUT2D eigenvalue weighted by molar-refractivity contribution is 6.31. The van der Waals surface area contributed by atoms with Crippen LogP contribution in [0.2, 0.25) is 5.02 Å². The fourth-order valence-corrected chi connectivity index (χ4v) is 9.71. The number of aliphatic hydroxyl groups excluding tert-OH is 1. The number of hydrogen-bond acceptors (Lipinski definition) is 12. The predicted octanol–water partition coefficient (Wildman–Crippen LogP) is 3.81. The number of piperidine rings is 1. The molecule has 2 atom stereocenters. The van der Waals surface area contributed by atoms with E-state index in [1.54, 1.807) is 47.3 Å². The van der Waals surface area contributed by atoms with Crippen LogP contribution < -0.4 is 20.3 Å². The number of aromatic nitrogens is 4. The smallest absolute Gasteiger partial charge is 0.257 e. The summed E-state index contributed by atoms with van der Waals surface area (Å²) in [5, 5.41) is 34.6. The molecule has 0 spiro atoms. The number of carbonyl (C=O) groups is 4. The van der Waals surface area contributed by atoms with Gasteiger partial charge in [0.15, 0.2) is 6.23 Å². The lowest BCUT2D eigenvalue weighted by atomic mass is 9.49. The molecular formula is C43H47ClN10O6. The molecule has 1 aliphatic carbocycles. The van der Waals surface area contributed by atoms with E-state index < -0.39 is 30.0 Å². The topological polar surface area (TPSA) is 199 Å². The maximum atomic E-state index is 13.4. The van der Waals surface area contributed by atoms with Crippen molar-refractivity contribution >= 4 is 41.0 Å². The lowest BCUT2D eigenvalue weighted by Crippen LogP contribution is -2.74. The first-order chi connectivity index (χ1) is 28.6. The second-order valence-corrected chi connectivity index (χ2v) is 17.5. The first-order valence-electron chi connectivity index (χ1n) is 20.2. The molecule has 2 aromatic carbocycles. The Morgan fingerprint density at radius 1 is 1.05 bits per heavy atom. The van der Waals surface area contributed by atoms with Crippen LogP contribution in [0.3, 0.4) is 0 Å². The number of aliphatic hydroxyl groups is 1. The monoisotopic (exact) mass is 834 g/mol. The molecule has 17 heteroatoms. The quantitative estimate of drug-likeness (QED) is 0.185. The minimum absolute atomic E-state index is 0.0981. The van der Waals surface area contributed by atoms with Crippen molar-refractivity contribution in [3.05, 3.63) is 93.9 Å². The zero-order chi connectivity index (χ0) is 42.5. The summed E-state index contributed by atoms with van der Waals surface area (Å²) in [6.45, 7) is 12.5. The third-order valence-electron chi connectivity index (χ3n) is 12.4. The second kappa shape index (κ2) is 15.9. The van der Waals surface area contributed by atoms with E-state index in [2.05, 4.69) is 69.5 Å². The number of anilines is 1. The predicted molar refractivity (Wildman–Crippen MR) is 219 cm³/mol. The number of rotatable bonds is 11. The van der Waals surface area contributed by atoms with Gasteiger partial charge in [0.1, 0.15) is 29.8 Å². The lowest BCUT2D eigenvalue weighted by molar-refractivity contribution is -0.164. The van der Waals surface area contributed by atoms with Gasteiger partial charge in [0.05, 0.1) is 33.7 Å². The van der Waals surface area contributed by atoms with Gasteiger partial charge in [-0.25, -0.2) is 9.67 Å². The van der Waals surface area contributed by atoms with Gasteiger partial charge in [0.2, 0.25) is 11.8 Å². The highest BCUT2D eigenvalue weighted by Crippen LogP contribution is 2.55. The number of pyridine rings is 1. The summed E-state index contributed by atoms with van der Waals surface area (Å²) in [4.78, 5) is 61.2. The Kier molecular flexibility index (Phi) is 10.9. The van der Waals surface area contributed by atoms with E-state index in [9.17, 15) is 29.5 Å². The molecule has 3 N–H and O–H groups in total. The highest BCUT2D eigenvalue weighted by atomic mass is 35.5. The molecule has 8 rings (SSSR count). The number of benzene rings is 2. The first-order valence-corrected chi connectivity index (χ1v) is 20.5. The van der Waals surface area contributed by atoms with Crippen LogP contribution in [0, 0.1) is 22.2 Å². The number of carbonyl (C=O) groups excluding carboxylic acids is 4. The van der Waals surface area contributed by atoms with E-state index in [4.69, 9.17) is 16.3 Å². The van der Waals surface area contributed by atoms with Crippen molar-refractivity contribution < 1.29 is 29.0 Å². The van der Waals surface area contributed by atoms with Gasteiger partial charge < -0.3 is 20.1 Å². The summed E-state index contributed by atoms with van der Waals surface area (Å²) in [6, 6.07) is 14.8. The van der Waals surface area contributed by atoms with Gasteiger partial charge in [-0.1, -0.05) is 50.6 Å². The number of nitriles is 1. The number of hydrogen-bond donors (Lipinski definition) is 3. The molecule has 0 radical (unpaired) electrons. The number of piperazine rings is 1. The van der Waals surface area contributed by atoms with Crippen molar-refractivity contribution in [3.8, 4) is 17.5 Å². The SMILES string of the molecule is CC1(C)[C@H](NC(=O)c2ccc(N3CCN(CCCc4cn(-c5ccc6c(c5)C(=O)N(C5CCC(=O)NC5=O)C6O)nn4)CC3)nc2)C(C)(C)[C@H]1Oc1ccc(C#N)c(Cl)c1. The second-order valence-electron chi connectivity index (χ2n) is 17.1. The molecule has 3 aliphatic heterocycles. The molecule has 0 bridgehead atoms. The van der Waals surface area contributed by atoms with Crippen LogP contribution in [0.25, 0.3) is 5.69 Å². The maximum Gasteiger partial charge on any atom is 0.257 e. The Morgan fingerprint density at radius 3 is 2.50 bits per heavy atom. The van der Waals surface area contributed by atoms with E-state index in [1.807, 2.05) is 18.3 Å². The fourth-order valence-electron chi connectivity index (χ4n) is 9.50. The Labute approximate surface area is 352 Å². The van der Waals surface area contributed by atoms with Gasteiger partial charge in [-0.3, -0.25) is 34.3 Å². The molecule has 2 saturated heterocycles. The van der Waals surface area contributed by atoms with Crippen LogP contribution in [0.4, 0.5) is 5.82 Å². The molecule has 312 valence electrons. The molecule has 5 heterocycles. The number of ether oxygens (including phenoxy) is 1. The number of aryl methyl sites for hydroxylation is 1. The van der Waals surface area contributed by atoms with E-state index in [0.717, 1.165) is 55.6 Å². The van der Waals surface area contributed by atoms with Gasteiger partial charge in [0.25, 0.3) is 11.8 Å². The summed E-state index contributed by atoms with van der Waals surface area (Å²) in [7, 11) is 0. The fraction of sp³-hybridized carbons (Fsp3) is 0.442. The zero-order valence-corrected chi connectivity index (χ0v) is 34.6. The van der Waals surface area contributed by atoms with Gasteiger partial charge in [0, 0.05) is 72.9 Å². The summed E-state index contributed by atoms with van der Waals surface area (Å²) >= 11 is 6.24. The standard InChI is InChI=1S/C43H47ClN10O6/c1-42(2)40(43(3,4)41(42)60-29-10-7-25(22-45)32(44)21-29)48-36(56)26-8-13-34(46-23-26)52-18-16-51(17-19-52)15-5-6-27-24-53(50-49-27)28-9-11-30-31(20-28)39(59)54(38(30)58)33-12-14-35(55)47-37(33)57/h7-11,13,20-21,23-24,33,38,40-41,58H,5-6,12,14-19H2,1-4H3,(H,48,56)(H,47,55,57)/t33?,38?,40-,41-. The summed E-state index contributed by atoms with van der Waals surface area (Å²) < 4.78 is 7.96. The average Bonchev–Trinajstić information content (AvgIpc) is 3.80. The Balaban J connectivity index is 0.788. The molecule has 2 unspecified atom stereocenters. The number of halogens is 1. The Hall–Kier alpha value is -5.89. The molecule has 1 saturated carbocycles.